The van der Waals surface area contributed by atoms with E-state index in [1.165, 1.54) is 11.9 Å². The third-order valence-corrected chi connectivity index (χ3v) is 4.72. The maximum atomic E-state index is 13.1. The van der Waals surface area contributed by atoms with Crippen LogP contribution in [0.3, 0.4) is 0 Å². The molecule has 1 saturated heterocycles. The number of carbonyl (C=O) groups excluding carboxylic acids is 2. The standard InChI is InChI=1S/C17H22F2N6O3/c1-23-7-11(20-9-23)5-13(26)17(28)25-4-3-10(8-25)22-16(27)12-6-21-24(2)14(12)15(18)19/h6-7,9-10,13,15,26H,3-5,8H2,1-2H3,(H,22,27)/t10-,13?/m1/s1. The SMILES string of the molecule is Cn1cnc(CC(O)C(=O)N2CC[C@@H](NC(=O)c3cnn(C)c3C(F)F)C2)c1. The lowest BCUT2D eigenvalue weighted by atomic mass is 10.2. The van der Waals surface area contributed by atoms with Gasteiger partial charge in [-0.1, -0.05) is 0 Å². The predicted octanol–water partition coefficient (Wildman–Crippen LogP) is 0.0255. The molecule has 2 amide bonds. The van der Waals surface area contributed by atoms with Gasteiger partial charge < -0.3 is 19.9 Å². The first-order chi connectivity index (χ1) is 13.3. The van der Waals surface area contributed by atoms with Gasteiger partial charge in [0.05, 0.1) is 23.8 Å². The average molecular weight is 396 g/mol. The van der Waals surface area contributed by atoms with E-state index in [4.69, 9.17) is 0 Å². The van der Waals surface area contributed by atoms with Crippen LogP contribution in [0.15, 0.2) is 18.7 Å². The largest absolute Gasteiger partial charge is 0.383 e. The Morgan fingerprint density at radius 1 is 1.39 bits per heavy atom. The summed E-state index contributed by atoms with van der Waals surface area (Å²) in [7, 11) is 3.14. The molecule has 0 spiro atoms. The fraction of sp³-hybridized carbons (Fsp3) is 0.529. The van der Waals surface area contributed by atoms with Gasteiger partial charge >= 0.3 is 0 Å². The summed E-state index contributed by atoms with van der Waals surface area (Å²) >= 11 is 0. The third-order valence-electron chi connectivity index (χ3n) is 4.72. The van der Waals surface area contributed by atoms with Crippen molar-refractivity contribution in [1.82, 2.24) is 29.5 Å². The van der Waals surface area contributed by atoms with Crippen molar-refractivity contribution in [2.45, 2.75) is 31.4 Å². The molecule has 1 aliphatic heterocycles. The molecule has 0 aliphatic carbocycles. The third kappa shape index (κ3) is 4.19. The Bertz CT molecular complexity index is 865. The Hall–Kier alpha value is -2.82. The lowest BCUT2D eigenvalue weighted by Gasteiger charge is -2.20. The molecule has 28 heavy (non-hydrogen) atoms. The topological polar surface area (TPSA) is 105 Å². The molecule has 0 saturated carbocycles. The van der Waals surface area contributed by atoms with Gasteiger partial charge in [0.15, 0.2) is 0 Å². The quantitative estimate of drug-likeness (QED) is 0.717. The second-order valence-corrected chi connectivity index (χ2v) is 6.86. The maximum absolute atomic E-state index is 13.1. The van der Waals surface area contributed by atoms with Crippen LogP contribution in [0.4, 0.5) is 8.78 Å². The van der Waals surface area contributed by atoms with Crippen LogP contribution in [-0.2, 0) is 25.3 Å². The minimum absolute atomic E-state index is 0.0978. The second-order valence-electron chi connectivity index (χ2n) is 6.86. The number of aliphatic hydroxyl groups excluding tert-OH is 1. The van der Waals surface area contributed by atoms with Crippen molar-refractivity contribution in [1.29, 1.82) is 0 Å². The van der Waals surface area contributed by atoms with Crippen LogP contribution in [0.5, 0.6) is 0 Å². The summed E-state index contributed by atoms with van der Waals surface area (Å²) in [6.07, 6.45) is 0.923. The van der Waals surface area contributed by atoms with E-state index in [0.29, 0.717) is 18.7 Å². The van der Waals surface area contributed by atoms with E-state index in [0.717, 1.165) is 10.9 Å². The highest BCUT2D eigenvalue weighted by molar-refractivity contribution is 5.95. The van der Waals surface area contributed by atoms with Crippen LogP contribution in [0.2, 0.25) is 0 Å². The van der Waals surface area contributed by atoms with Gasteiger partial charge in [0.25, 0.3) is 18.2 Å². The lowest BCUT2D eigenvalue weighted by molar-refractivity contribution is -0.139. The molecule has 0 radical (unpaired) electrons. The van der Waals surface area contributed by atoms with E-state index in [9.17, 15) is 23.5 Å². The van der Waals surface area contributed by atoms with Gasteiger partial charge in [-0.15, -0.1) is 0 Å². The van der Waals surface area contributed by atoms with Crippen molar-refractivity contribution in [3.05, 3.63) is 35.7 Å². The average Bonchev–Trinajstić information content (AvgIpc) is 3.34. The highest BCUT2D eigenvalue weighted by atomic mass is 19.3. The monoisotopic (exact) mass is 396 g/mol. The molecule has 9 nitrogen and oxygen atoms in total. The number of imidazole rings is 1. The first kappa shape index (κ1) is 19.9. The molecule has 0 bridgehead atoms. The van der Waals surface area contributed by atoms with Crippen molar-refractivity contribution in [3.8, 4) is 0 Å². The summed E-state index contributed by atoms with van der Waals surface area (Å²) in [5.74, 6) is -1.10. The molecular formula is C17H22F2N6O3. The van der Waals surface area contributed by atoms with Crippen LogP contribution in [0.25, 0.3) is 0 Å². The van der Waals surface area contributed by atoms with Crippen LogP contribution >= 0.6 is 0 Å². The first-order valence-corrected chi connectivity index (χ1v) is 8.81. The summed E-state index contributed by atoms with van der Waals surface area (Å²) in [6, 6.07) is -0.385. The van der Waals surface area contributed by atoms with Crippen LogP contribution in [-0.4, -0.2) is 66.4 Å². The van der Waals surface area contributed by atoms with Gasteiger partial charge in [0, 0.05) is 45.8 Å². The Morgan fingerprint density at radius 3 is 2.79 bits per heavy atom. The molecule has 2 aromatic rings. The summed E-state index contributed by atoms with van der Waals surface area (Å²) in [5, 5.41) is 16.5. The second kappa shape index (κ2) is 8.05. The van der Waals surface area contributed by atoms with Gasteiger partial charge in [-0.05, 0) is 6.42 Å². The van der Waals surface area contributed by atoms with Gasteiger partial charge in [0.1, 0.15) is 11.8 Å². The van der Waals surface area contributed by atoms with Crippen LogP contribution in [0.1, 0.15) is 34.6 Å². The number of nitrogens with zero attached hydrogens (tertiary/aromatic N) is 5. The molecule has 11 heteroatoms. The van der Waals surface area contributed by atoms with Crippen molar-refractivity contribution >= 4 is 11.8 Å². The van der Waals surface area contributed by atoms with E-state index < -0.39 is 30.0 Å². The zero-order valence-corrected chi connectivity index (χ0v) is 15.5. The number of nitrogens with one attached hydrogen (secondary N) is 1. The predicted molar refractivity (Wildman–Crippen MR) is 93.5 cm³/mol. The number of aromatic nitrogens is 4. The number of carbonyl (C=O) groups is 2. The molecule has 1 aliphatic rings. The van der Waals surface area contributed by atoms with Crippen LogP contribution < -0.4 is 5.32 Å². The zero-order valence-electron chi connectivity index (χ0n) is 15.5. The highest BCUT2D eigenvalue weighted by Gasteiger charge is 2.32. The van der Waals surface area contributed by atoms with E-state index >= 15 is 0 Å². The fourth-order valence-electron chi connectivity index (χ4n) is 3.29. The van der Waals surface area contributed by atoms with Crippen LogP contribution in [0, 0.1) is 0 Å². The summed E-state index contributed by atoms with van der Waals surface area (Å²) in [6.45, 7) is 0.561. The van der Waals surface area contributed by atoms with Crippen molar-refractivity contribution in [2.75, 3.05) is 13.1 Å². The van der Waals surface area contributed by atoms with Gasteiger partial charge in [-0.3, -0.25) is 14.3 Å². The molecule has 2 N–H and O–H groups in total. The van der Waals surface area contributed by atoms with Gasteiger partial charge in [-0.2, -0.15) is 5.10 Å². The first-order valence-electron chi connectivity index (χ1n) is 8.81. The number of rotatable bonds is 6. The number of aliphatic hydroxyl groups is 1. The molecule has 0 aromatic carbocycles. The fourth-order valence-corrected chi connectivity index (χ4v) is 3.29. The number of likely N-dealkylation sites (tertiary alicyclic amines) is 1. The number of aryl methyl sites for hydroxylation is 2. The molecule has 1 unspecified atom stereocenters. The summed E-state index contributed by atoms with van der Waals surface area (Å²) in [4.78, 5) is 30.3. The minimum atomic E-state index is -2.82. The summed E-state index contributed by atoms with van der Waals surface area (Å²) in [5.41, 5.74) is -0.0322. The van der Waals surface area contributed by atoms with Crippen molar-refractivity contribution in [3.63, 3.8) is 0 Å². The van der Waals surface area contributed by atoms with Gasteiger partial charge in [-0.25, -0.2) is 13.8 Å². The zero-order chi connectivity index (χ0) is 20.4. The van der Waals surface area contributed by atoms with E-state index in [1.54, 1.807) is 24.1 Å². The van der Waals surface area contributed by atoms with E-state index in [2.05, 4.69) is 15.4 Å². The maximum Gasteiger partial charge on any atom is 0.280 e. The molecule has 2 aromatic heterocycles. The minimum Gasteiger partial charge on any atom is -0.383 e. The van der Waals surface area contributed by atoms with E-state index in [1.807, 2.05) is 0 Å². The van der Waals surface area contributed by atoms with E-state index in [-0.39, 0.29) is 24.6 Å². The van der Waals surface area contributed by atoms with Crippen molar-refractivity contribution in [2.24, 2.45) is 14.1 Å². The Kier molecular flexibility index (Phi) is 5.73. The number of hydrogen-bond donors (Lipinski definition) is 2. The number of amides is 2. The Labute approximate surface area is 160 Å². The molecule has 152 valence electrons. The smallest absolute Gasteiger partial charge is 0.280 e. The Balaban J connectivity index is 1.56. The molecular weight excluding hydrogens is 374 g/mol. The number of halogens is 2. The van der Waals surface area contributed by atoms with Gasteiger partial charge in [0.2, 0.25) is 0 Å². The molecule has 3 rings (SSSR count). The number of alkyl halides is 2. The molecule has 3 heterocycles. The molecule has 1 fully saturated rings. The molecule has 2 atom stereocenters. The lowest BCUT2D eigenvalue weighted by Crippen LogP contribution is -2.42. The summed E-state index contributed by atoms with van der Waals surface area (Å²) < 4.78 is 28.9. The number of hydrogen-bond acceptors (Lipinski definition) is 5. The Morgan fingerprint density at radius 2 is 2.14 bits per heavy atom. The normalized spacial score (nSPS) is 17.9. The van der Waals surface area contributed by atoms with Crippen molar-refractivity contribution < 1.29 is 23.5 Å². The highest BCUT2D eigenvalue weighted by Crippen LogP contribution is 2.22.